The number of nitrogen functional groups attached to an aromatic ring is 1. The molecule has 0 amide bonds. The second kappa shape index (κ2) is 4.06. The Morgan fingerprint density at radius 2 is 2.11 bits per heavy atom. The Hall–Kier alpha value is -2.51. The standard InChI is InChI=1S/C10H8F2N4O2/c1-15-8(13)4-6(14-15)9-5(11)2-3-7(10(9)12)16(17)18/h2-4H,13H2,1H3. The molecule has 0 aliphatic carbocycles. The molecular weight excluding hydrogens is 246 g/mol. The highest BCUT2D eigenvalue weighted by molar-refractivity contribution is 5.66. The monoisotopic (exact) mass is 254 g/mol. The van der Waals surface area contributed by atoms with E-state index >= 15 is 0 Å². The van der Waals surface area contributed by atoms with Crippen LogP contribution in [0.2, 0.25) is 0 Å². The predicted molar refractivity (Wildman–Crippen MR) is 59.6 cm³/mol. The van der Waals surface area contributed by atoms with Crippen molar-refractivity contribution < 1.29 is 13.7 Å². The van der Waals surface area contributed by atoms with Crippen molar-refractivity contribution in [3.05, 3.63) is 39.9 Å². The number of anilines is 1. The van der Waals surface area contributed by atoms with Gasteiger partial charge in [0.1, 0.15) is 17.3 Å². The van der Waals surface area contributed by atoms with E-state index in [0.717, 1.165) is 12.1 Å². The number of halogens is 2. The average molecular weight is 254 g/mol. The van der Waals surface area contributed by atoms with Crippen molar-refractivity contribution in [2.75, 3.05) is 5.73 Å². The van der Waals surface area contributed by atoms with Gasteiger partial charge in [0, 0.05) is 19.2 Å². The zero-order valence-corrected chi connectivity index (χ0v) is 9.22. The lowest BCUT2D eigenvalue weighted by atomic mass is 10.1. The molecule has 1 aromatic heterocycles. The van der Waals surface area contributed by atoms with Crippen molar-refractivity contribution in [2.45, 2.75) is 0 Å². The quantitative estimate of drug-likeness (QED) is 0.654. The maximum atomic E-state index is 13.8. The van der Waals surface area contributed by atoms with E-state index in [1.165, 1.54) is 17.8 Å². The number of nitrogens with two attached hydrogens (primary N) is 1. The number of nitro benzene ring substituents is 1. The van der Waals surface area contributed by atoms with Crippen molar-refractivity contribution in [3.63, 3.8) is 0 Å². The van der Waals surface area contributed by atoms with Crippen molar-refractivity contribution in [1.82, 2.24) is 9.78 Å². The third kappa shape index (κ3) is 1.77. The van der Waals surface area contributed by atoms with Gasteiger partial charge >= 0.3 is 5.69 Å². The number of nitro groups is 1. The molecule has 0 spiro atoms. The highest BCUT2D eigenvalue weighted by Gasteiger charge is 2.24. The molecule has 0 saturated carbocycles. The van der Waals surface area contributed by atoms with Gasteiger partial charge in [0.05, 0.1) is 10.5 Å². The van der Waals surface area contributed by atoms with Crippen LogP contribution in [0, 0.1) is 21.7 Å². The highest BCUT2D eigenvalue weighted by atomic mass is 19.1. The molecule has 0 radical (unpaired) electrons. The summed E-state index contributed by atoms with van der Waals surface area (Å²) in [5.74, 6) is -2.01. The summed E-state index contributed by atoms with van der Waals surface area (Å²) in [5.41, 5.74) is 4.04. The second-order valence-electron chi connectivity index (χ2n) is 3.59. The summed E-state index contributed by atoms with van der Waals surface area (Å²) in [6.45, 7) is 0. The molecule has 2 rings (SSSR count). The van der Waals surface area contributed by atoms with Crippen LogP contribution in [0.15, 0.2) is 18.2 Å². The third-order valence-electron chi connectivity index (χ3n) is 2.44. The zero-order valence-electron chi connectivity index (χ0n) is 9.22. The van der Waals surface area contributed by atoms with E-state index < -0.39 is 27.8 Å². The van der Waals surface area contributed by atoms with Crippen LogP contribution in [0.3, 0.4) is 0 Å². The molecule has 0 saturated heterocycles. The van der Waals surface area contributed by atoms with Crippen molar-refractivity contribution in [3.8, 4) is 11.3 Å². The van der Waals surface area contributed by atoms with Crippen LogP contribution < -0.4 is 5.73 Å². The Bertz CT molecular complexity index is 620. The van der Waals surface area contributed by atoms with Gasteiger partial charge in [-0.15, -0.1) is 0 Å². The first kappa shape index (κ1) is 12.0. The van der Waals surface area contributed by atoms with Crippen molar-refractivity contribution >= 4 is 11.5 Å². The first-order valence-corrected chi connectivity index (χ1v) is 4.84. The molecule has 1 aromatic carbocycles. The SMILES string of the molecule is Cn1nc(-c2c(F)ccc([N+](=O)[O-])c2F)cc1N. The largest absolute Gasteiger partial charge is 0.384 e. The number of aromatic nitrogens is 2. The van der Waals surface area contributed by atoms with Crippen molar-refractivity contribution in [1.29, 1.82) is 0 Å². The average Bonchev–Trinajstić information content (AvgIpc) is 2.58. The topological polar surface area (TPSA) is 87.0 Å². The first-order chi connectivity index (χ1) is 8.41. The number of aryl methyl sites for hydroxylation is 1. The number of rotatable bonds is 2. The van der Waals surface area contributed by atoms with E-state index in [1.807, 2.05) is 0 Å². The maximum Gasteiger partial charge on any atom is 0.305 e. The van der Waals surface area contributed by atoms with Crippen molar-refractivity contribution in [2.24, 2.45) is 7.05 Å². The van der Waals surface area contributed by atoms with E-state index in [1.54, 1.807) is 0 Å². The molecule has 6 nitrogen and oxygen atoms in total. The fourth-order valence-corrected chi connectivity index (χ4v) is 1.52. The van der Waals surface area contributed by atoms with Gasteiger partial charge in [0.25, 0.3) is 0 Å². The fraction of sp³-hybridized carbons (Fsp3) is 0.100. The minimum Gasteiger partial charge on any atom is -0.384 e. The molecule has 18 heavy (non-hydrogen) atoms. The zero-order chi connectivity index (χ0) is 13.4. The maximum absolute atomic E-state index is 13.8. The van der Waals surface area contributed by atoms with Gasteiger partial charge in [-0.1, -0.05) is 0 Å². The molecule has 0 atom stereocenters. The predicted octanol–water partition coefficient (Wildman–Crippen LogP) is 1.86. The summed E-state index contributed by atoms with van der Waals surface area (Å²) >= 11 is 0. The van der Waals surface area contributed by atoms with Gasteiger partial charge in [-0.25, -0.2) is 4.39 Å². The molecule has 0 aliphatic heterocycles. The molecule has 2 aromatic rings. The van der Waals surface area contributed by atoms with E-state index in [2.05, 4.69) is 5.10 Å². The van der Waals surface area contributed by atoms with Crippen LogP contribution >= 0.6 is 0 Å². The van der Waals surface area contributed by atoms with Crippen LogP contribution in [0.1, 0.15) is 0 Å². The molecule has 0 aliphatic rings. The van der Waals surface area contributed by atoms with E-state index in [9.17, 15) is 18.9 Å². The number of hydrogen-bond acceptors (Lipinski definition) is 4. The van der Waals surface area contributed by atoms with Crippen LogP contribution in [0.5, 0.6) is 0 Å². The third-order valence-corrected chi connectivity index (χ3v) is 2.44. The Labute approximate surface area is 99.8 Å². The summed E-state index contributed by atoms with van der Waals surface area (Å²) < 4.78 is 28.6. The van der Waals surface area contributed by atoms with Gasteiger partial charge in [-0.3, -0.25) is 14.8 Å². The van der Waals surface area contributed by atoms with Crippen LogP contribution in [0.25, 0.3) is 11.3 Å². The number of nitrogens with zero attached hydrogens (tertiary/aromatic N) is 3. The van der Waals surface area contributed by atoms with E-state index in [-0.39, 0.29) is 11.5 Å². The molecule has 2 N–H and O–H groups in total. The van der Waals surface area contributed by atoms with Crippen LogP contribution in [-0.4, -0.2) is 14.7 Å². The molecule has 8 heteroatoms. The molecule has 0 unspecified atom stereocenters. The summed E-state index contributed by atoms with van der Waals surface area (Å²) in [7, 11) is 1.49. The molecular formula is C10H8F2N4O2. The van der Waals surface area contributed by atoms with Gasteiger partial charge in [0.15, 0.2) is 0 Å². The number of hydrogen-bond donors (Lipinski definition) is 1. The van der Waals surface area contributed by atoms with Crippen LogP contribution in [0.4, 0.5) is 20.3 Å². The summed E-state index contributed by atoms with van der Waals surface area (Å²) in [5, 5.41) is 14.4. The Morgan fingerprint density at radius 3 is 2.61 bits per heavy atom. The van der Waals surface area contributed by atoms with Gasteiger partial charge in [-0.2, -0.15) is 9.49 Å². The fourth-order valence-electron chi connectivity index (χ4n) is 1.52. The lowest BCUT2D eigenvalue weighted by molar-refractivity contribution is -0.387. The minimum absolute atomic E-state index is 0.0892. The summed E-state index contributed by atoms with van der Waals surface area (Å²) in [6, 6.07) is 2.83. The lowest BCUT2D eigenvalue weighted by Crippen LogP contribution is -1.99. The summed E-state index contributed by atoms with van der Waals surface area (Å²) in [6.07, 6.45) is 0. The molecule has 0 bridgehead atoms. The second-order valence-corrected chi connectivity index (χ2v) is 3.59. The molecule has 94 valence electrons. The van der Waals surface area contributed by atoms with Gasteiger partial charge in [0.2, 0.25) is 5.82 Å². The van der Waals surface area contributed by atoms with E-state index in [4.69, 9.17) is 5.73 Å². The summed E-state index contributed by atoms with van der Waals surface area (Å²) in [4.78, 5) is 9.66. The van der Waals surface area contributed by atoms with E-state index in [0.29, 0.717) is 0 Å². The Kier molecular flexibility index (Phi) is 2.70. The molecule has 0 fully saturated rings. The van der Waals surface area contributed by atoms with Crippen LogP contribution in [-0.2, 0) is 7.05 Å². The highest BCUT2D eigenvalue weighted by Crippen LogP contribution is 2.31. The number of benzene rings is 1. The first-order valence-electron chi connectivity index (χ1n) is 4.84. The Balaban J connectivity index is 2.70. The minimum atomic E-state index is -1.27. The van der Waals surface area contributed by atoms with Gasteiger partial charge in [-0.05, 0) is 6.07 Å². The van der Waals surface area contributed by atoms with Gasteiger partial charge < -0.3 is 5.73 Å². The lowest BCUT2D eigenvalue weighted by Gasteiger charge is -2.01. The molecule has 1 heterocycles. The smallest absolute Gasteiger partial charge is 0.305 e. The Morgan fingerprint density at radius 1 is 1.44 bits per heavy atom. The normalized spacial score (nSPS) is 10.6.